The number of carbonyl (C=O) groups excluding carboxylic acids is 3. The van der Waals surface area contributed by atoms with E-state index in [1.54, 1.807) is 0 Å². The van der Waals surface area contributed by atoms with Gasteiger partial charge in [0.2, 0.25) is 0 Å². The minimum absolute atomic E-state index is 0. The van der Waals surface area contributed by atoms with Gasteiger partial charge in [0.1, 0.15) is 0 Å². The van der Waals surface area contributed by atoms with Crippen LogP contribution in [0.3, 0.4) is 0 Å². The Hall–Kier alpha value is -1.37. The predicted octanol–water partition coefficient (Wildman–Crippen LogP) is 1.75. The zero-order valence-corrected chi connectivity index (χ0v) is 10.6. The van der Waals surface area contributed by atoms with Gasteiger partial charge in [-0.15, -0.1) is 17.7 Å². The maximum Gasteiger partial charge on any atom is 4.00 e. The van der Waals surface area contributed by atoms with Crippen molar-refractivity contribution >= 4 is 20.4 Å². The average molecular weight is 270 g/mol. The van der Waals surface area contributed by atoms with Crippen molar-refractivity contribution in [1.29, 1.82) is 0 Å². The first-order valence-electron chi connectivity index (χ1n) is 4.58. The molecule has 1 aromatic rings. The normalized spacial score (nSPS) is 9.88. The van der Waals surface area contributed by atoms with E-state index in [1.807, 2.05) is 0 Å². The Morgan fingerprint density at radius 1 is 0.941 bits per heavy atom. The van der Waals surface area contributed by atoms with E-state index in [9.17, 15) is 0 Å². The molecule has 0 unspecified atom stereocenters. The summed E-state index contributed by atoms with van der Waals surface area (Å²) in [5, 5.41) is 0. The van der Waals surface area contributed by atoms with Gasteiger partial charge >= 0.3 is 17.4 Å². The van der Waals surface area contributed by atoms with E-state index in [4.69, 9.17) is 14.4 Å². The van der Waals surface area contributed by atoms with Gasteiger partial charge in [0.25, 0.3) is 0 Å². The Kier molecular flexibility index (Phi) is 21.0. The summed E-state index contributed by atoms with van der Waals surface area (Å²) < 4.78 is 0. The SMILES string of the molecule is [CH-]=O.[CH-]=O.[CH-]=O.[Cr+4].c1ccc2c(c1)[CH-]CCC2. The Balaban J connectivity index is -0.000000248. The molecule has 3 nitrogen and oxygen atoms in total. The second-order valence-corrected chi connectivity index (χ2v) is 2.80. The number of hydrogen-bond donors (Lipinski definition) is 0. The molecule has 1 aliphatic carbocycles. The van der Waals surface area contributed by atoms with Crippen molar-refractivity contribution in [1.82, 2.24) is 0 Å². The van der Waals surface area contributed by atoms with Crippen LogP contribution in [-0.2, 0) is 38.2 Å². The van der Waals surface area contributed by atoms with Crippen molar-refractivity contribution in [3.05, 3.63) is 41.8 Å². The molecule has 1 aromatic carbocycles. The van der Waals surface area contributed by atoms with Crippen LogP contribution in [0.25, 0.3) is 0 Å². The molecule has 1 aliphatic rings. The molecule has 0 N–H and O–H groups in total. The zero-order chi connectivity index (χ0) is 12.8. The molecule has 0 atom stereocenters. The maximum absolute atomic E-state index is 7.75. The van der Waals surface area contributed by atoms with E-state index in [2.05, 4.69) is 51.1 Å². The summed E-state index contributed by atoms with van der Waals surface area (Å²) in [6.07, 6.45) is 6.19. The first kappa shape index (κ1) is 21.0. The number of rotatable bonds is 0. The smallest absolute Gasteiger partial charge is 0.545 e. The van der Waals surface area contributed by atoms with E-state index in [-0.39, 0.29) is 17.4 Å². The van der Waals surface area contributed by atoms with Crippen molar-refractivity contribution in [2.75, 3.05) is 0 Å². The summed E-state index contributed by atoms with van der Waals surface area (Å²) in [6, 6.07) is 8.66. The van der Waals surface area contributed by atoms with Gasteiger partial charge in [-0.1, -0.05) is 25.3 Å². The van der Waals surface area contributed by atoms with Crippen molar-refractivity contribution in [2.24, 2.45) is 0 Å². The van der Waals surface area contributed by atoms with Gasteiger partial charge in [-0.05, 0) is 0 Å². The molecule has 0 fully saturated rings. The fourth-order valence-electron chi connectivity index (χ4n) is 1.51. The number of fused-ring (bicyclic) bond motifs is 1. The second-order valence-electron chi connectivity index (χ2n) is 2.80. The first-order chi connectivity index (χ1) is 7.97. The summed E-state index contributed by atoms with van der Waals surface area (Å²) >= 11 is 0. The molecule has 0 amide bonds. The van der Waals surface area contributed by atoms with Crippen molar-refractivity contribution < 1.29 is 31.7 Å². The van der Waals surface area contributed by atoms with E-state index in [1.165, 1.54) is 30.4 Å². The summed E-state index contributed by atoms with van der Waals surface area (Å²) in [5.41, 5.74) is 2.97. The fourth-order valence-corrected chi connectivity index (χ4v) is 1.51. The summed E-state index contributed by atoms with van der Waals surface area (Å²) in [7, 11) is 0. The van der Waals surface area contributed by atoms with Crippen LogP contribution in [0.4, 0.5) is 0 Å². The van der Waals surface area contributed by atoms with Gasteiger partial charge in [-0.3, -0.25) is 20.4 Å². The molecular formula is C13H14CrO3. The predicted molar refractivity (Wildman–Crippen MR) is 63.0 cm³/mol. The Morgan fingerprint density at radius 2 is 1.47 bits per heavy atom. The van der Waals surface area contributed by atoms with Gasteiger partial charge in [0.15, 0.2) is 0 Å². The van der Waals surface area contributed by atoms with Crippen LogP contribution in [0.2, 0.25) is 0 Å². The third-order valence-electron chi connectivity index (χ3n) is 2.07. The molecule has 0 aliphatic heterocycles. The average Bonchev–Trinajstić information content (AvgIpc) is 2.45. The van der Waals surface area contributed by atoms with E-state index >= 15 is 0 Å². The molecule has 4 heteroatoms. The number of benzene rings is 1. The number of hydrogen-bond acceptors (Lipinski definition) is 3. The van der Waals surface area contributed by atoms with Crippen LogP contribution < -0.4 is 0 Å². The van der Waals surface area contributed by atoms with Gasteiger partial charge in [0, 0.05) is 0 Å². The monoisotopic (exact) mass is 270 g/mol. The maximum atomic E-state index is 7.75. The Labute approximate surface area is 113 Å². The zero-order valence-electron chi connectivity index (χ0n) is 9.37. The summed E-state index contributed by atoms with van der Waals surface area (Å²) in [5.74, 6) is 0. The molecule has 17 heavy (non-hydrogen) atoms. The number of aryl methyl sites for hydroxylation is 1. The molecule has 0 aromatic heterocycles. The molecule has 0 bridgehead atoms. The van der Waals surface area contributed by atoms with Crippen LogP contribution in [0, 0.1) is 6.42 Å². The van der Waals surface area contributed by atoms with Crippen LogP contribution >= 0.6 is 0 Å². The summed E-state index contributed by atoms with van der Waals surface area (Å²) in [6.45, 7) is 9.75. The first-order valence-corrected chi connectivity index (χ1v) is 4.58. The van der Waals surface area contributed by atoms with Gasteiger partial charge in [-0.25, -0.2) is 0 Å². The van der Waals surface area contributed by atoms with Crippen molar-refractivity contribution in [3.8, 4) is 0 Å². The molecule has 0 heterocycles. The minimum atomic E-state index is 0. The molecule has 0 radical (unpaired) electrons. The molecule has 0 saturated heterocycles. The van der Waals surface area contributed by atoms with Gasteiger partial charge < -0.3 is 14.4 Å². The van der Waals surface area contributed by atoms with Crippen LogP contribution in [0.15, 0.2) is 24.3 Å². The standard InChI is InChI=1S/C10H11.3CHO.Cr/c1-2-6-10-8-4-3-7-9(10)5-1;3*1-2;/h1-2,5-7H,3-4,8H2;3*1H;/q4*-1;+4. The quantitative estimate of drug-likeness (QED) is 0.533. The van der Waals surface area contributed by atoms with Gasteiger partial charge in [-0.2, -0.15) is 18.1 Å². The Bertz CT molecular complexity index is 249. The van der Waals surface area contributed by atoms with Crippen molar-refractivity contribution in [3.63, 3.8) is 0 Å². The Morgan fingerprint density at radius 3 is 2.00 bits per heavy atom. The van der Waals surface area contributed by atoms with E-state index in [0.717, 1.165) is 0 Å². The second kappa shape index (κ2) is 17.0. The summed E-state index contributed by atoms with van der Waals surface area (Å²) in [4.78, 5) is 23.2. The van der Waals surface area contributed by atoms with E-state index < -0.39 is 0 Å². The fraction of sp³-hybridized carbons (Fsp3) is 0.231. The van der Waals surface area contributed by atoms with Crippen LogP contribution in [-0.4, -0.2) is 20.4 Å². The third-order valence-corrected chi connectivity index (χ3v) is 2.07. The van der Waals surface area contributed by atoms with Gasteiger partial charge in [0.05, 0.1) is 0 Å². The molecule has 2 rings (SSSR count). The van der Waals surface area contributed by atoms with Crippen LogP contribution in [0.1, 0.15) is 24.0 Å². The third kappa shape index (κ3) is 8.44. The van der Waals surface area contributed by atoms with Crippen molar-refractivity contribution in [2.45, 2.75) is 19.3 Å². The molecule has 0 spiro atoms. The molecule has 0 saturated carbocycles. The van der Waals surface area contributed by atoms with E-state index in [0.29, 0.717) is 0 Å². The minimum Gasteiger partial charge on any atom is -0.545 e. The topological polar surface area (TPSA) is 51.2 Å². The molecule has 90 valence electrons. The molecular weight excluding hydrogens is 256 g/mol. The van der Waals surface area contributed by atoms with Crippen LogP contribution in [0.5, 0.6) is 0 Å². The largest absolute Gasteiger partial charge is 4.00 e.